The van der Waals surface area contributed by atoms with Crippen LogP contribution in [0.5, 0.6) is 0 Å². The van der Waals surface area contributed by atoms with E-state index < -0.39 is 23.2 Å². The Morgan fingerprint density at radius 3 is 1.33 bits per heavy atom. The summed E-state index contributed by atoms with van der Waals surface area (Å²) < 4.78 is 0.973. The second kappa shape index (κ2) is 16.1. The summed E-state index contributed by atoms with van der Waals surface area (Å²) in [6, 6.07) is 45.8. The maximum Gasteiger partial charge on any atom is -1.00 e. The van der Waals surface area contributed by atoms with Gasteiger partial charge >= 0.3 is 301 Å². The first kappa shape index (κ1) is 36.0. The van der Waals surface area contributed by atoms with Crippen molar-refractivity contribution in [2.45, 2.75) is 46.8 Å². The van der Waals surface area contributed by atoms with Gasteiger partial charge in [0.05, 0.1) is 0 Å². The van der Waals surface area contributed by atoms with Gasteiger partial charge < -0.3 is 24.8 Å². The van der Waals surface area contributed by atoms with Gasteiger partial charge in [-0.3, -0.25) is 0 Å². The molecule has 8 rings (SSSR count). The van der Waals surface area contributed by atoms with Crippen LogP contribution in [0.2, 0.25) is 0 Å². The molecule has 0 saturated carbocycles. The number of fused-ring (bicyclic) bond motifs is 2. The average Bonchev–Trinajstić information content (AvgIpc) is 3.92. The molecule has 2 aliphatic rings. The standard InChI is InChI=1S/2C22H19S.2ClH.Zr/c2*1-2-7-19-12-13-22(23-19)18-14-17-10-6-11-20(21(17)15-18)16-8-4-3-5-9-16;;;/h2*3-6,8-15H,2,7H2,1H3;2*1H;/q;;;;+2/p-2. The molecule has 0 radical (unpaired) electrons. The van der Waals surface area contributed by atoms with E-state index >= 15 is 0 Å². The molecule has 2 atom stereocenters. The Hall–Kier alpha value is -2.78. The SMILES string of the molecule is CCCc1ccc(C2=Cc3c(-c4ccccc4)cccc3[CH]2[Zr+2][CH]2C(c3ccc(CCC)s3)=Cc3c(-c4ccccc4)cccc32)s1.[Cl-].[Cl-]. The smallest absolute Gasteiger partial charge is 1.00 e. The molecule has 0 aliphatic heterocycles. The molecule has 0 fully saturated rings. The van der Waals surface area contributed by atoms with Crippen molar-refractivity contribution in [2.75, 3.05) is 0 Å². The van der Waals surface area contributed by atoms with Crippen molar-refractivity contribution in [1.29, 1.82) is 0 Å². The molecule has 0 amide bonds. The zero-order valence-corrected chi connectivity index (χ0v) is 33.4. The first-order valence-electron chi connectivity index (χ1n) is 17.0. The number of rotatable bonds is 10. The van der Waals surface area contributed by atoms with Gasteiger partial charge in [-0.25, -0.2) is 0 Å². The molecular weight excluding hydrogens is 755 g/mol. The Morgan fingerprint density at radius 1 is 0.490 bits per heavy atom. The summed E-state index contributed by atoms with van der Waals surface area (Å²) in [5.74, 6) is 0. The minimum absolute atomic E-state index is 0. The van der Waals surface area contributed by atoms with Gasteiger partial charge in [0.25, 0.3) is 0 Å². The Bertz CT molecular complexity index is 1950. The molecule has 2 aliphatic carbocycles. The van der Waals surface area contributed by atoms with Crippen molar-refractivity contribution < 1.29 is 48.0 Å². The molecule has 2 heterocycles. The quantitative estimate of drug-likeness (QED) is 0.140. The summed E-state index contributed by atoms with van der Waals surface area (Å²) in [6.07, 6.45) is 9.86. The minimum atomic E-state index is -1.16. The van der Waals surface area contributed by atoms with Crippen molar-refractivity contribution >= 4 is 46.0 Å². The van der Waals surface area contributed by atoms with Crippen LogP contribution in [0.25, 0.3) is 45.6 Å². The fourth-order valence-electron chi connectivity index (χ4n) is 7.32. The van der Waals surface area contributed by atoms with Gasteiger partial charge in [0.2, 0.25) is 0 Å². The third-order valence-corrected chi connectivity index (χ3v) is 16.6. The number of allylic oxidation sites excluding steroid dienone is 2. The van der Waals surface area contributed by atoms with E-state index in [1.165, 1.54) is 65.7 Å². The molecule has 2 unspecified atom stereocenters. The van der Waals surface area contributed by atoms with Crippen molar-refractivity contribution in [3.8, 4) is 22.3 Å². The maximum atomic E-state index is 2.58. The van der Waals surface area contributed by atoms with E-state index in [2.05, 4.69) is 147 Å². The number of aryl methyl sites for hydroxylation is 2. The zero-order chi connectivity index (χ0) is 31.7. The molecule has 0 N–H and O–H groups in total. The summed E-state index contributed by atoms with van der Waals surface area (Å²) in [6.45, 7) is 4.58. The van der Waals surface area contributed by atoms with Crippen molar-refractivity contribution in [3.05, 3.63) is 163 Å². The third kappa shape index (κ3) is 7.08. The average molecular weight is 793 g/mol. The molecular formula is C44H38Cl2S2Zr. The van der Waals surface area contributed by atoms with E-state index in [0.29, 0.717) is 7.25 Å². The molecule has 0 spiro atoms. The molecule has 0 saturated heterocycles. The van der Waals surface area contributed by atoms with Crippen molar-refractivity contribution in [1.82, 2.24) is 0 Å². The Balaban J connectivity index is 0.00000208. The van der Waals surface area contributed by atoms with Crippen LogP contribution in [-0.2, 0) is 36.1 Å². The topological polar surface area (TPSA) is 0 Å². The second-order valence-electron chi connectivity index (χ2n) is 12.6. The normalized spacial score (nSPS) is 15.7. The molecule has 244 valence electrons. The number of halogens is 2. The van der Waals surface area contributed by atoms with Gasteiger partial charge in [0, 0.05) is 0 Å². The van der Waals surface area contributed by atoms with Gasteiger partial charge in [0.15, 0.2) is 0 Å². The predicted octanol–water partition coefficient (Wildman–Crippen LogP) is 7.03. The third-order valence-electron chi connectivity index (χ3n) is 9.51. The summed E-state index contributed by atoms with van der Waals surface area (Å²) in [4.78, 5) is 5.96. The largest absolute Gasteiger partial charge is 1.00 e. The number of thiophene rings is 2. The van der Waals surface area contributed by atoms with Gasteiger partial charge in [-0.2, -0.15) is 0 Å². The van der Waals surface area contributed by atoms with Crippen LogP contribution in [0, 0.1) is 0 Å². The van der Waals surface area contributed by atoms with Crippen molar-refractivity contribution in [2.24, 2.45) is 0 Å². The van der Waals surface area contributed by atoms with E-state index in [0.717, 1.165) is 12.8 Å². The zero-order valence-electron chi connectivity index (χ0n) is 27.8. The Kier molecular flexibility index (Phi) is 11.8. The van der Waals surface area contributed by atoms with Gasteiger partial charge in [-0.05, 0) is 0 Å². The number of hydrogen-bond donors (Lipinski definition) is 0. The van der Waals surface area contributed by atoms with Gasteiger partial charge in [0.1, 0.15) is 0 Å². The van der Waals surface area contributed by atoms with Crippen LogP contribution in [0.4, 0.5) is 0 Å². The van der Waals surface area contributed by atoms with E-state index in [4.69, 9.17) is 0 Å². The first-order valence-corrected chi connectivity index (χ1v) is 21.4. The molecule has 0 nitrogen and oxygen atoms in total. The Labute approximate surface area is 323 Å². The fourth-order valence-corrected chi connectivity index (χ4v) is 15.1. The first-order chi connectivity index (χ1) is 23.2. The Morgan fingerprint density at radius 2 is 0.918 bits per heavy atom. The van der Waals surface area contributed by atoms with Crippen LogP contribution >= 0.6 is 22.7 Å². The van der Waals surface area contributed by atoms with Gasteiger partial charge in [-0.1, -0.05) is 0 Å². The molecule has 49 heavy (non-hydrogen) atoms. The van der Waals surface area contributed by atoms with Crippen molar-refractivity contribution in [3.63, 3.8) is 0 Å². The summed E-state index contributed by atoms with van der Waals surface area (Å²) in [7, 11) is 0. The van der Waals surface area contributed by atoms with E-state index in [1.807, 2.05) is 22.7 Å². The van der Waals surface area contributed by atoms with Crippen LogP contribution in [0.1, 0.15) is 75.7 Å². The molecule has 5 heteroatoms. The van der Waals surface area contributed by atoms with E-state index in [9.17, 15) is 0 Å². The fraction of sp³-hybridized carbons (Fsp3) is 0.182. The minimum Gasteiger partial charge on any atom is -1.00 e. The summed E-state index contributed by atoms with van der Waals surface area (Å²) in [5, 5.41) is 0. The monoisotopic (exact) mass is 790 g/mol. The number of benzene rings is 4. The predicted molar refractivity (Wildman–Crippen MR) is 202 cm³/mol. The van der Waals surface area contributed by atoms with Crippen LogP contribution in [0.15, 0.2) is 121 Å². The molecule has 2 aromatic heterocycles. The molecule has 6 aromatic rings. The maximum absolute atomic E-state index is 2.58. The van der Waals surface area contributed by atoms with E-state index in [-0.39, 0.29) is 24.8 Å². The number of hydrogen-bond acceptors (Lipinski definition) is 2. The van der Waals surface area contributed by atoms with Crippen LogP contribution in [0.3, 0.4) is 0 Å². The van der Waals surface area contributed by atoms with Crippen LogP contribution < -0.4 is 24.8 Å². The van der Waals surface area contributed by atoms with E-state index in [1.54, 1.807) is 22.3 Å². The van der Waals surface area contributed by atoms with Gasteiger partial charge in [-0.15, -0.1) is 0 Å². The van der Waals surface area contributed by atoms with Crippen LogP contribution in [-0.4, -0.2) is 0 Å². The summed E-state index contributed by atoms with van der Waals surface area (Å²) in [5.41, 5.74) is 14.4. The summed E-state index contributed by atoms with van der Waals surface area (Å²) >= 11 is 2.89. The second-order valence-corrected chi connectivity index (χ2v) is 18.6. The molecule has 4 aromatic carbocycles. The molecule has 0 bridgehead atoms.